The summed E-state index contributed by atoms with van der Waals surface area (Å²) in [4.78, 5) is 10.9. The lowest BCUT2D eigenvalue weighted by atomic mass is 10.3. The number of nitrogens with zero attached hydrogens (tertiary/aromatic N) is 3. The minimum atomic E-state index is 0.123. The molecule has 0 aromatic carbocycles. The summed E-state index contributed by atoms with van der Waals surface area (Å²) in [6.45, 7) is 6.71. The van der Waals surface area contributed by atoms with E-state index in [0.29, 0.717) is 12.5 Å². The van der Waals surface area contributed by atoms with Crippen molar-refractivity contribution in [3.63, 3.8) is 0 Å². The largest absolute Gasteiger partial charge is 0.395 e. The Morgan fingerprint density at radius 3 is 2.74 bits per heavy atom. The maximum atomic E-state index is 9.18. The van der Waals surface area contributed by atoms with Gasteiger partial charge in [0.1, 0.15) is 5.82 Å². The predicted octanol–water partition coefficient (Wildman–Crippen LogP) is 2.66. The second-order valence-electron chi connectivity index (χ2n) is 4.36. The zero-order valence-electron chi connectivity index (χ0n) is 11.7. The third-order valence-electron chi connectivity index (χ3n) is 2.71. The minimum Gasteiger partial charge on any atom is -0.395 e. The summed E-state index contributed by atoms with van der Waals surface area (Å²) >= 11 is 3.49. The first kappa shape index (κ1) is 16.2. The van der Waals surface area contributed by atoms with E-state index in [2.05, 4.69) is 50.0 Å². The van der Waals surface area contributed by atoms with E-state index in [1.54, 1.807) is 6.20 Å². The fourth-order valence-corrected chi connectivity index (χ4v) is 2.14. The zero-order chi connectivity index (χ0) is 14.1. The lowest BCUT2D eigenvalue weighted by molar-refractivity contribution is 0.301. The SMILES string of the molecule is CCCCN(CCO)c1nc(NCCC)ncc1Br. The first-order chi connectivity index (χ1) is 9.22. The molecule has 0 amide bonds. The molecule has 1 rings (SSSR count). The molecule has 5 nitrogen and oxygen atoms in total. The van der Waals surface area contributed by atoms with Gasteiger partial charge in [0.15, 0.2) is 0 Å². The predicted molar refractivity (Wildman–Crippen MR) is 82.7 cm³/mol. The maximum absolute atomic E-state index is 9.18. The van der Waals surface area contributed by atoms with Gasteiger partial charge in [0.25, 0.3) is 0 Å². The summed E-state index contributed by atoms with van der Waals surface area (Å²) in [5, 5.41) is 12.4. The van der Waals surface area contributed by atoms with Crippen LogP contribution in [0.3, 0.4) is 0 Å². The topological polar surface area (TPSA) is 61.3 Å². The molecule has 0 radical (unpaired) electrons. The molecule has 0 fully saturated rings. The van der Waals surface area contributed by atoms with Crippen LogP contribution in [0.5, 0.6) is 0 Å². The van der Waals surface area contributed by atoms with Crippen LogP contribution in [-0.2, 0) is 0 Å². The fraction of sp³-hybridized carbons (Fsp3) is 0.692. The number of unbranched alkanes of at least 4 members (excludes halogenated alkanes) is 1. The molecular weight excluding hydrogens is 308 g/mol. The highest BCUT2D eigenvalue weighted by Gasteiger charge is 2.12. The van der Waals surface area contributed by atoms with Crippen LogP contribution >= 0.6 is 15.9 Å². The number of halogens is 1. The van der Waals surface area contributed by atoms with E-state index in [-0.39, 0.29) is 6.61 Å². The van der Waals surface area contributed by atoms with Crippen LogP contribution in [-0.4, -0.2) is 41.3 Å². The Hall–Kier alpha value is -0.880. The molecule has 0 aliphatic heterocycles. The highest BCUT2D eigenvalue weighted by molar-refractivity contribution is 9.10. The smallest absolute Gasteiger partial charge is 0.224 e. The van der Waals surface area contributed by atoms with E-state index in [9.17, 15) is 5.11 Å². The van der Waals surface area contributed by atoms with Crippen molar-refractivity contribution < 1.29 is 5.11 Å². The van der Waals surface area contributed by atoms with Gasteiger partial charge >= 0.3 is 0 Å². The van der Waals surface area contributed by atoms with Gasteiger partial charge in [0, 0.05) is 25.8 Å². The fourth-order valence-electron chi connectivity index (χ4n) is 1.70. The summed E-state index contributed by atoms with van der Waals surface area (Å²) < 4.78 is 0.860. The van der Waals surface area contributed by atoms with E-state index in [1.165, 1.54) is 0 Å². The van der Waals surface area contributed by atoms with Gasteiger partial charge in [-0.15, -0.1) is 0 Å². The van der Waals surface area contributed by atoms with Crippen molar-refractivity contribution in [1.29, 1.82) is 0 Å². The summed E-state index contributed by atoms with van der Waals surface area (Å²) in [5.74, 6) is 1.48. The number of aromatic nitrogens is 2. The van der Waals surface area contributed by atoms with Gasteiger partial charge in [-0.2, -0.15) is 4.98 Å². The third-order valence-corrected chi connectivity index (χ3v) is 3.27. The molecule has 0 spiro atoms. The molecule has 0 aliphatic carbocycles. The normalized spacial score (nSPS) is 10.5. The molecule has 0 aliphatic rings. The Bertz CT molecular complexity index is 376. The molecule has 1 aromatic heterocycles. The Labute approximate surface area is 123 Å². The lowest BCUT2D eigenvalue weighted by Crippen LogP contribution is -2.29. The number of aliphatic hydroxyl groups is 1. The Kier molecular flexibility index (Phi) is 7.74. The molecule has 1 aromatic rings. The van der Waals surface area contributed by atoms with Crippen molar-refractivity contribution >= 4 is 27.7 Å². The number of anilines is 2. The summed E-state index contributed by atoms with van der Waals surface area (Å²) in [6.07, 6.45) is 4.99. The van der Waals surface area contributed by atoms with E-state index < -0.39 is 0 Å². The average Bonchev–Trinajstić information content (AvgIpc) is 2.43. The molecule has 19 heavy (non-hydrogen) atoms. The van der Waals surface area contributed by atoms with Crippen molar-refractivity contribution in [3.8, 4) is 0 Å². The van der Waals surface area contributed by atoms with Gasteiger partial charge < -0.3 is 15.3 Å². The first-order valence-electron chi connectivity index (χ1n) is 6.85. The lowest BCUT2D eigenvalue weighted by Gasteiger charge is -2.24. The molecule has 2 N–H and O–H groups in total. The van der Waals surface area contributed by atoms with E-state index in [1.807, 2.05) is 0 Å². The van der Waals surface area contributed by atoms with E-state index >= 15 is 0 Å². The molecule has 0 unspecified atom stereocenters. The van der Waals surface area contributed by atoms with Crippen molar-refractivity contribution in [2.24, 2.45) is 0 Å². The average molecular weight is 331 g/mol. The van der Waals surface area contributed by atoms with Gasteiger partial charge in [0.2, 0.25) is 5.95 Å². The van der Waals surface area contributed by atoms with Gasteiger partial charge in [0.05, 0.1) is 11.1 Å². The van der Waals surface area contributed by atoms with Gasteiger partial charge in [-0.25, -0.2) is 4.98 Å². The first-order valence-corrected chi connectivity index (χ1v) is 7.64. The summed E-state index contributed by atoms with van der Waals surface area (Å²) in [5.41, 5.74) is 0. The molecule has 0 atom stereocenters. The summed E-state index contributed by atoms with van der Waals surface area (Å²) in [6, 6.07) is 0. The zero-order valence-corrected chi connectivity index (χ0v) is 13.3. The molecule has 0 saturated heterocycles. The second-order valence-corrected chi connectivity index (χ2v) is 5.21. The highest BCUT2D eigenvalue weighted by atomic mass is 79.9. The van der Waals surface area contributed by atoms with Crippen LogP contribution in [0.4, 0.5) is 11.8 Å². The van der Waals surface area contributed by atoms with Crippen LogP contribution in [0.25, 0.3) is 0 Å². The Balaban J connectivity index is 2.86. The maximum Gasteiger partial charge on any atom is 0.224 e. The van der Waals surface area contributed by atoms with Crippen molar-refractivity contribution in [2.45, 2.75) is 33.1 Å². The molecule has 0 bridgehead atoms. The number of hydrogen-bond acceptors (Lipinski definition) is 5. The molecule has 6 heteroatoms. The number of aliphatic hydroxyl groups excluding tert-OH is 1. The van der Waals surface area contributed by atoms with E-state index in [4.69, 9.17) is 0 Å². The number of hydrogen-bond donors (Lipinski definition) is 2. The molecular formula is C13H23BrN4O. The van der Waals surface area contributed by atoms with Gasteiger partial charge in [-0.1, -0.05) is 20.3 Å². The summed E-state index contributed by atoms with van der Waals surface area (Å²) in [7, 11) is 0. The van der Waals surface area contributed by atoms with Crippen LogP contribution in [0.2, 0.25) is 0 Å². The van der Waals surface area contributed by atoms with Crippen molar-refractivity contribution in [1.82, 2.24) is 9.97 Å². The van der Waals surface area contributed by atoms with Crippen LogP contribution in [0.1, 0.15) is 33.1 Å². The van der Waals surface area contributed by atoms with Crippen LogP contribution in [0, 0.1) is 0 Å². The minimum absolute atomic E-state index is 0.123. The van der Waals surface area contributed by atoms with E-state index in [0.717, 1.165) is 42.6 Å². The third kappa shape index (κ3) is 5.32. The highest BCUT2D eigenvalue weighted by Crippen LogP contribution is 2.24. The van der Waals surface area contributed by atoms with Gasteiger partial charge in [-0.3, -0.25) is 0 Å². The number of nitrogens with one attached hydrogen (secondary N) is 1. The molecule has 108 valence electrons. The van der Waals surface area contributed by atoms with Crippen molar-refractivity contribution in [2.75, 3.05) is 36.5 Å². The van der Waals surface area contributed by atoms with Crippen molar-refractivity contribution in [3.05, 3.63) is 10.7 Å². The molecule has 0 saturated carbocycles. The Morgan fingerprint density at radius 2 is 2.11 bits per heavy atom. The standard InChI is InChI=1S/C13H23BrN4O/c1-3-5-7-18(8-9-19)12-11(14)10-16-13(17-12)15-6-4-2/h10,19H,3-9H2,1-2H3,(H,15,16,17). The number of rotatable bonds is 9. The quantitative estimate of drug-likeness (QED) is 0.728. The molecule has 1 heterocycles. The van der Waals surface area contributed by atoms with Gasteiger partial charge in [-0.05, 0) is 28.8 Å². The van der Waals surface area contributed by atoms with Crippen LogP contribution in [0.15, 0.2) is 10.7 Å². The Morgan fingerprint density at radius 1 is 1.32 bits per heavy atom. The second kappa shape index (κ2) is 9.09. The monoisotopic (exact) mass is 330 g/mol. The van der Waals surface area contributed by atoms with Crippen LogP contribution < -0.4 is 10.2 Å².